The van der Waals surface area contributed by atoms with Crippen molar-refractivity contribution in [2.75, 3.05) is 30.5 Å². The van der Waals surface area contributed by atoms with Crippen LogP contribution in [0, 0.1) is 23.1 Å². The molecule has 7 nitrogen and oxygen atoms in total. The van der Waals surface area contributed by atoms with E-state index in [0.717, 1.165) is 49.1 Å². The highest BCUT2D eigenvalue weighted by Gasteiger charge is 2.33. The van der Waals surface area contributed by atoms with Crippen molar-refractivity contribution in [1.29, 1.82) is 5.26 Å². The molecule has 2 aromatic heterocycles. The van der Waals surface area contributed by atoms with Crippen LogP contribution in [0.15, 0.2) is 41.2 Å². The van der Waals surface area contributed by atoms with Crippen LogP contribution < -0.4 is 20.1 Å². The van der Waals surface area contributed by atoms with Crippen LogP contribution in [-0.4, -0.2) is 42.3 Å². The number of nitriles is 1. The summed E-state index contributed by atoms with van der Waals surface area (Å²) in [5.74, 6) is 0.643. The van der Waals surface area contributed by atoms with E-state index in [4.69, 9.17) is 4.74 Å². The minimum atomic E-state index is -0.340. The highest BCUT2D eigenvalue weighted by atomic mass is 19.1. The summed E-state index contributed by atoms with van der Waals surface area (Å²) in [6.45, 7) is 0.986. The number of hydrogen-bond donors (Lipinski definition) is 0. The third-order valence-corrected chi connectivity index (χ3v) is 7.84. The number of benzene rings is 1. The quantitative estimate of drug-likeness (QED) is 0.482. The molecule has 0 amide bonds. The number of fused-ring (bicyclic) bond motifs is 1. The lowest BCUT2D eigenvalue weighted by atomic mass is 9.88. The maximum Gasteiger partial charge on any atom is 0.252 e. The Morgan fingerprint density at radius 3 is 2.50 bits per heavy atom. The lowest BCUT2D eigenvalue weighted by Crippen LogP contribution is -2.44. The molecular weight excluding hydrogens is 457 g/mol. The molecule has 1 aromatic carbocycles. The van der Waals surface area contributed by atoms with Crippen LogP contribution in [-0.2, 0) is 7.05 Å². The van der Waals surface area contributed by atoms with Gasteiger partial charge < -0.3 is 19.1 Å². The van der Waals surface area contributed by atoms with E-state index in [-0.39, 0.29) is 23.2 Å². The molecule has 2 aliphatic rings. The van der Waals surface area contributed by atoms with E-state index in [0.29, 0.717) is 23.2 Å². The summed E-state index contributed by atoms with van der Waals surface area (Å²) in [7, 11) is 5.25. The van der Waals surface area contributed by atoms with Crippen molar-refractivity contribution in [3.05, 3.63) is 58.3 Å². The Hall–Kier alpha value is -3.60. The molecule has 36 heavy (non-hydrogen) atoms. The molecule has 0 unspecified atom stereocenters. The van der Waals surface area contributed by atoms with Gasteiger partial charge in [0.1, 0.15) is 17.3 Å². The van der Waals surface area contributed by atoms with Gasteiger partial charge in [0.25, 0.3) is 5.56 Å². The van der Waals surface area contributed by atoms with Gasteiger partial charge in [-0.25, -0.2) is 9.37 Å². The second kappa shape index (κ2) is 9.81. The molecule has 0 spiro atoms. The Labute approximate surface area is 210 Å². The Balaban J connectivity index is 1.37. The van der Waals surface area contributed by atoms with Crippen LogP contribution in [0.25, 0.3) is 11.0 Å². The number of pyridine rings is 2. The Morgan fingerprint density at radius 1 is 1.11 bits per heavy atom. The van der Waals surface area contributed by atoms with Crippen molar-refractivity contribution in [1.82, 2.24) is 9.55 Å². The molecule has 2 heterocycles. The van der Waals surface area contributed by atoms with Gasteiger partial charge in [0.2, 0.25) is 0 Å². The molecule has 188 valence electrons. The zero-order chi connectivity index (χ0) is 25.4. The van der Waals surface area contributed by atoms with Crippen LogP contribution in [0.2, 0.25) is 0 Å². The minimum absolute atomic E-state index is 0.0922. The molecule has 0 atom stereocenters. The number of halogens is 1. The smallest absolute Gasteiger partial charge is 0.252 e. The summed E-state index contributed by atoms with van der Waals surface area (Å²) in [6, 6.07) is 13.0. The molecule has 0 saturated heterocycles. The Morgan fingerprint density at radius 2 is 1.83 bits per heavy atom. The fraction of sp³-hybridized carbons (Fsp3) is 0.464. The van der Waals surface area contributed by atoms with E-state index in [1.165, 1.54) is 26.0 Å². The molecule has 2 saturated carbocycles. The Bertz CT molecular complexity index is 1370. The van der Waals surface area contributed by atoms with Gasteiger partial charge in [-0.2, -0.15) is 5.26 Å². The number of hydrogen-bond acceptors (Lipinski definition) is 6. The summed E-state index contributed by atoms with van der Waals surface area (Å²) in [5.41, 5.74) is 3.43. The summed E-state index contributed by atoms with van der Waals surface area (Å²) >= 11 is 0. The molecule has 0 N–H and O–H groups in total. The molecule has 0 bridgehead atoms. The van der Waals surface area contributed by atoms with Crippen molar-refractivity contribution in [2.24, 2.45) is 13.0 Å². The van der Waals surface area contributed by atoms with E-state index in [9.17, 15) is 14.4 Å². The maximum absolute atomic E-state index is 14.1. The topological polar surface area (TPSA) is 74.4 Å². The predicted molar refractivity (Wildman–Crippen MR) is 139 cm³/mol. The lowest BCUT2D eigenvalue weighted by molar-refractivity contribution is 0.363. The number of ether oxygens (including phenoxy) is 1. The van der Waals surface area contributed by atoms with Crippen LogP contribution >= 0.6 is 0 Å². The molecule has 3 aromatic rings. The molecule has 0 aliphatic heterocycles. The van der Waals surface area contributed by atoms with Crippen LogP contribution in [0.1, 0.15) is 44.2 Å². The fourth-order valence-electron chi connectivity index (χ4n) is 5.47. The average molecular weight is 490 g/mol. The van der Waals surface area contributed by atoms with Crippen LogP contribution in [0.5, 0.6) is 5.75 Å². The van der Waals surface area contributed by atoms with Crippen molar-refractivity contribution in [3.63, 3.8) is 0 Å². The molecule has 2 aliphatic carbocycles. The maximum atomic E-state index is 14.1. The summed E-state index contributed by atoms with van der Waals surface area (Å²) in [6.07, 6.45) is 6.44. The van der Waals surface area contributed by atoms with Gasteiger partial charge in [0.05, 0.1) is 18.3 Å². The zero-order valence-corrected chi connectivity index (χ0v) is 21.1. The van der Waals surface area contributed by atoms with Crippen molar-refractivity contribution >= 4 is 22.4 Å². The average Bonchev–Trinajstić information content (AvgIpc) is 3.73. The number of aromatic nitrogens is 2. The van der Waals surface area contributed by atoms with E-state index in [1.54, 1.807) is 29.8 Å². The molecule has 8 heteroatoms. The predicted octanol–water partition coefficient (Wildman–Crippen LogP) is 4.62. The number of methoxy groups -OCH3 is 1. The van der Waals surface area contributed by atoms with Gasteiger partial charge in [0, 0.05) is 50.5 Å². The SMILES string of the molecule is COc1cc(N(CC2CC2)C2CCC(N(C)c3cc(=O)n(C)c4ccc(C#N)nc34)CC2)ccc1F. The van der Waals surface area contributed by atoms with E-state index in [1.807, 2.05) is 19.2 Å². The fourth-order valence-corrected chi connectivity index (χ4v) is 5.47. The van der Waals surface area contributed by atoms with Gasteiger partial charge in [-0.05, 0) is 68.7 Å². The first-order valence-electron chi connectivity index (χ1n) is 12.6. The highest BCUT2D eigenvalue weighted by molar-refractivity contribution is 5.88. The third-order valence-electron chi connectivity index (χ3n) is 7.84. The van der Waals surface area contributed by atoms with E-state index in [2.05, 4.69) is 20.9 Å². The highest BCUT2D eigenvalue weighted by Crippen LogP contribution is 2.38. The zero-order valence-electron chi connectivity index (χ0n) is 21.1. The molecular formula is C28H32FN5O2. The first kappa shape index (κ1) is 24.1. The standard InChI is InChI=1S/C28H32FN5O2/c1-32(25-15-27(35)33(2)24-13-6-19(16-30)31-28(24)25)20-7-9-21(10-8-20)34(17-18-4-5-18)22-11-12-23(29)26(14-22)36-3/h6,11-15,18,20-21H,4-5,7-10,17H2,1-3H3. The number of aryl methyl sites for hydroxylation is 1. The monoisotopic (exact) mass is 489 g/mol. The van der Waals surface area contributed by atoms with Crippen molar-refractivity contribution in [2.45, 2.75) is 50.6 Å². The number of nitrogens with zero attached hydrogens (tertiary/aromatic N) is 5. The van der Waals surface area contributed by atoms with Gasteiger partial charge >= 0.3 is 0 Å². The van der Waals surface area contributed by atoms with Crippen LogP contribution in [0.3, 0.4) is 0 Å². The second-order valence-electron chi connectivity index (χ2n) is 10.1. The van der Waals surface area contributed by atoms with Gasteiger partial charge in [-0.15, -0.1) is 0 Å². The molecule has 5 rings (SSSR count). The summed E-state index contributed by atoms with van der Waals surface area (Å²) in [4.78, 5) is 21.8. The number of rotatable bonds is 7. The van der Waals surface area contributed by atoms with Crippen molar-refractivity contribution in [3.8, 4) is 11.8 Å². The van der Waals surface area contributed by atoms with Gasteiger partial charge in [0.15, 0.2) is 11.6 Å². The normalized spacial score (nSPS) is 19.6. The minimum Gasteiger partial charge on any atom is -0.494 e. The Kier molecular flexibility index (Phi) is 6.57. The second-order valence-corrected chi connectivity index (χ2v) is 10.1. The molecule has 0 radical (unpaired) electrons. The third kappa shape index (κ3) is 4.62. The van der Waals surface area contributed by atoms with E-state index >= 15 is 0 Å². The van der Waals surface area contributed by atoms with Gasteiger partial charge in [-0.1, -0.05) is 0 Å². The lowest BCUT2D eigenvalue weighted by Gasteiger charge is -2.41. The van der Waals surface area contributed by atoms with Gasteiger partial charge in [-0.3, -0.25) is 4.79 Å². The van der Waals surface area contributed by atoms with Crippen LogP contribution in [0.4, 0.5) is 15.8 Å². The molecule has 2 fully saturated rings. The van der Waals surface area contributed by atoms with Crippen molar-refractivity contribution < 1.29 is 9.13 Å². The first-order valence-corrected chi connectivity index (χ1v) is 12.6. The summed E-state index contributed by atoms with van der Waals surface area (Å²) in [5, 5.41) is 9.36. The summed E-state index contributed by atoms with van der Waals surface area (Å²) < 4.78 is 20.9. The number of anilines is 2. The van der Waals surface area contributed by atoms with E-state index < -0.39 is 0 Å². The largest absolute Gasteiger partial charge is 0.494 e. The first-order chi connectivity index (χ1) is 17.4.